The topological polar surface area (TPSA) is 46.3 Å². The Balaban J connectivity index is 1.61. The molecule has 4 aliphatic carbocycles. The van der Waals surface area contributed by atoms with Gasteiger partial charge in [0.2, 0.25) is 5.91 Å². The van der Waals surface area contributed by atoms with Crippen molar-refractivity contribution in [3.8, 4) is 0 Å². The lowest BCUT2D eigenvalue weighted by Crippen LogP contribution is -2.49. The lowest BCUT2D eigenvalue weighted by Gasteiger charge is -2.55. The minimum atomic E-state index is 0.228. The normalized spacial score (nSPS) is 41.1. The third-order valence-electron chi connectivity index (χ3n) is 5.69. The lowest BCUT2D eigenvalue weighted by molar-refractivity contribution is -0.132. The van der Waals surface area contributed by atoms with Crippen LogP contribution >= 0.6 is 0 Å². The van der Waals surface area contributed by atoms with Crippen LogP contribution in [0.25, 0.3) is 0 Å². The maximum atomic E-state index is 11.9. The molecule has 4 bridgehead atoms. The minimum absolute atomic E-state index is 0.228. The van der Waals surface area contributed by atoms with Gasteiger partial charge in [0.05, 0.1) is 0 Å². The summed E-state index contributed by atoms with van der Waals surface area (Å²) < 4.78 is 0. The van der Waals surface area contributed by atoms with E-state index in [4.69, 9.17) is 5.73 Å². The Kier molecular flexibility index (Phi) is 3.35. The van der Waals surface area contributed by atoms with E-state index < -0.39 is 0 Å². The van der Waals surface area contributed by atoms with Crippen molar-refractivity contribution >= 4 is 5.91 Å². The molecular weight excluding hydrogens is 224 g/mol. The van der Waals surface area contributed by atoms with E-state index in [1.54, 1.807) is 0 Å². The number of rotatable bonds is 4. The van der Waals surface area contributed by atoms with Gasteiger partial charge in [-0.2, -0.15) is 0 Å². The van der Waals surface area contributed by atoms with E-state index >= 15 is 0 Å². The summed E-state index contributed by atoms with van der Waals surface area (Å²) in [6, 6.07) is 0. The Labute approximate surface area is 110 Å². The van der Waals surface area contributed by atoms with Crippen molar-refractivity contribution in [2.75, 3.05) is 20.1 Å². The van der Waals surface area contributed by atoms with Gasteiger partial charge in [0.1, 0.15) is 0 Å². The van der Waals surface area contributed by atoms with Gasteiger partial charge in [-0.1, -0.05) is 0 Å². The monoisotopic (exact) mass is 250 g/mol. The van der Waals surface area contributed by atoms with Crippen molar-refractivity contribution < 1.29 is 4.79 Å². The second kappa shape index (κ2) is 4.84. The van der Waals surface area contributed by atoms with Gasteiger partial charge in [0, 0.05) is 26.6 Å². The smallest absolute Gasteiger partial charge is 0.223 e. The summed E-state index contributed by atoms with van der Waals surface area (Å²) in [4.78, 5) is 13.8. The van der Waals surface area contributed by atoms with Gasteiger partial charge < -0.3 is 10.6 Å². The Morgan fingerprint density at radius 1 is 1.11 bits per heavy atom. The number of carbonyl (C=O) groups excluding carboxylic acids is 1. The molecule has 18 heavy (non-hydrogen) atoms. The molecular formula is C15H26N2O. The lowest BCUT2D eigenvalue weighted by atomic mass is 9.52. The van der Waals surface area contributed by atoms with E-state index in [9.17, 15) is 4.79 Å². The molecule has 0 aliphatic heterocycles. The summed E-state index contributed by atoms with van der Waals surface area (Å²) in [5.41, 5.74) is 5.47. The number of amides is 1. The number of nitrogens with zero attached hydrogens (tertiary/aromatic N) is 1. The molecule has 0 aromatic rings. The van der Waals surface area contributed by atoms with Crippen LogP contribution in [0, 0.1) is 29.6 Å². The molecule has 0 spiro atoms. The SMILES string of the molecule is CN(CC1C2CC3CC(C2)CC1C3)C(=O)CCN. The molecule has 3 nitrogen and oxygen atoms in total. The Morgan fingerprint density at radius 2 is 1.67 bits per heavy atom. The molecule has 2 N–H and O–H groups in total. The van der Waals surface area contributed by atoms with Gasteiger partial charge >= 0.3 is 0 Å². The maximum Gasteiger partial charge on any atom is 0.223 e. The highest BCUT2D eigenvalue weighted by Crippen LogP contribution is 2.56. The zero-order valence-corrected chi connectivity index (χ0v) is 11.5. The van der Waals surface area contributed by atoms with Crippen LogP contribution in [-0.2, 0) is 4.79 Å². The number of carbonyl (C=O) groups is 1. The molecule has 0 heterocycles. The van der Waals surface area contributed by atoms with E-state index in [1.807, 2.05) is 11.9 Å². The van der Waals surface area contributed by atoms with Gasteiger partial charge in [0.15, 0.2) is 0 Å². The van der Waals surface area contributed by atoms with Gasteiger partial charge in [-0.15, -0.1) is 0 Å². The summed E-state index contributed by atoms with van der Waals surface area (Å²) >= 11 is 0. The largest absolute Gasteiger partial charge is 0.345 e. The third-order valence-corrected chi connectivity index (χ3v) is 5.69. The van der Waals surface area contributed by atoms with E-state index in [-0.39, 0.29) is 5.91 Å². The first-order chi connectivity index (χ1) is 8.67. The predicted molar refractivity (Wildman–Crippen MR) is 71.8 cm³/mol. The molecule has 4 aliphatic rings. The quantitative estimate of drug-likeness (QED) is 0.828. The zero-order chi connectivity index (χ0) is 12.7. The first kappa shape index (κ1) is 12.5. The van der Waals surface area contributed by atoms with Crippen LogP contribution < -0.4 is 5.73 Å². The molecule has 4 saturated carbocycles. The molecule has 0 radical (unpaired) electrons. The van der Waals surface area contributed by atoms with Crippen molar-refractivity contribution in [2.24, 2.45) is 35.3 Å². The molecule has 0 aromatic carbocycles. The highest BCUT2D eigenvalue weighted by atomic mass is 16.2. The second-order valence-corrected chi connectivity index (χ2v) is 6.91. The number of hydrogen-bond donors (Lipinski definition) is 1. The first-order valence-corrected chi connectivity index (χ1v) is 7.61. The van der Waals surface area contributed by atoms with Crippen LogP contribution in [0.4, 0.5) is 0 Å². The van der Waals surface area contributed by atoms with Crippen LogP contribution in [0.15, 0.2) is 0 Å². The van der Waals surface area contributed by atoms with Crippen molar-refractivity contribution in [1.29, 1.82) is 0 Å². The molecule has 102 valence electrons. The fraction of sp³-hybridized carbons (Fsp3) is 0.933. The Morgan fingerprint density at radius 3 is 2.17 bits per heavy atom. The fourth-order valence-corrected chi connectivity index (χ4v) is 5.07. The van der Waals surface area contributed by atoms with Crippen molar-refractivity contribution in [3.63, 3.8) is 0 Å². The van der Waals surface area contributed by atoms with Crippen molar-refractivity contribution in [1.82, 2.24) is 4.90 Å². The van der Waals surface area contributed by atoms with Crippen LogP contribution in [0.5, 0.6) is 0 Å². The predicted octanol–water partition coefficient (Wildman–Crippen LogP) is 1.87. The van der Waals surface area contributed by atoms with Gasteiger partial charge in [-0.3, -0.25) is 4.79 Å². The van der Waals surface area contributed by atoms with Gasteiger partial charge in [-0.25, -0.2) is 0 Å². The molecule has 1 amide bonds. The van der Waals surface area contributed by atoms with Crippen molar-refractivity contribution in [3.05, 3.63) is 0 Å². The highest BCUT2D eigenvalue weighted by molar-refractivity contribution is 5.76. The average molecular weight is 250 g/mol. The molecule has 0 aromatic heterocycles. The summed E-state index contributed by atoms with van der Waals surface area (Å²) in [5, 5.41) is 0. The zero-order valence-electron chi connectivity index (χ0n) is 11.5. The summed E-state index contributed by atoms with van der Waals surface area (Å²) in [6.07, 6.45) is 7.77. The highest BCUT2D eigenvalue weighted by Gasteiger charge is 2.48. The van der Waals surface area contributed by atoms with E-state index in [0.717, 1.165) is 36.1 Å². The molecule has 0 saturated heterocycles. The van der Waals surface area contributed by atoms with Crippen LogP contribution in [-0.4, -0.2) is 30.9 Å². The van der Waals surface area contributed by atoms with E-state index in [2.05, 4.69) is 0 Å². The molecule has 0 atom stereocenters. The molecule has 3 heteroatoms. The summed E-state index contributed by atoms with van der Waals surface area (Å²) in [6.45, 7) is 1.46. The van der Waals surface area contributed by atoms with Crippen LogP contribution in [0.2, 0.25) is 0 Å². The number of hydrogen-bond acceptors (Lipinski definition) is 2. The van der Waals surface area contributed by atoms with Crippen LogP contribution in [0.3, 0.4) is 0 Å². The van der Waals surface area contributed by atoms with Crippen LogP contribution in [0.1, 0.15) is 38.5 Å². The molecule has 4 fully saturated rings. The first-order valence-electron chi connectivity index (χ1n) is 7.61. The fourth-order valence-electron chi connectivity index (χ4n) is 5.07. The summed E-state index contributed by atoms with van der Waals surface area (Å²) in [7, 11) is 1.96. The molecule has 4 rings (SSSR count). The maximum absolute atomic E-state index is 11.9. The standard InChI is InChI=1S/C15H26N2O/c1-17(15(18)2-3-16)9-14-12-5-10-4-11(7-12)8-13(14)6-10/h10-14H,2-9,16H2,1H3. The Hall–Kier alpha value is -0.570. The second-order valence-electron chi connectivity index (χ2n) is 6.91. The number of nitrogens with two attached hydrogens (primary N) is 1. The van der Waals surface area contributed by atoms with Crippen molar-refractivity contribution in [2.45, 2.75) is 38.5 Å². The minimum Gasteiger partial charge on any atom is -0.345 e. The van der Waals surface area contributed by atoms with Gasteiger partial charge in [-0.05, 0) is 61.7 Å². The third kappa shape index (κ3) is 2.18. The molecule has 0 unspecified atom stereocenters. The average Bonchev–Trinajstić information content (AvgIpc) is 2.33. The van der Waals surface area contributed by atoms with E-state index in [0.29, 0.717) is 13.0 Å². The van der Waals surface area contributed by atoms with Gasteiger partial charge in [0.25, 0.3) is 0 Å². The summed E-state index contributed by atoms with van der Waals surface area (Å²) in [5.74, 6) is 4.88. The van der Waals surface area contributed by atoms with E-state index in [1.165, 1.54) is 32.1 Å². The Bertz CT molecular complexity index is 300.